The number of hydrogen-bond donors (Lipinski definition) is 0. The van der Waals surface area contributed by atoms with Crippen LogP contribution in [0.25, 0.3) is 21.8 Å². The van der Waals surface area contributed by atoms with Crippen molar-refractivity contribution in [3.8, 4) is 0 Å². The Labute approximate surface area is 139 Å². The Morgan fingerprint density at radius 3 is 2.46 bits per heavy atom. The Balaban J connectivity index is 2.12. The summed E-state index contributed by atoms with van der Waals surface area (Å²) in [5.41, 5.74) is 2.90. The number of carbonyl (C=O) groups is 2. The third kappa shape index (κ3) is 2.69. The molecule has 0 aliphatic heterocycles. The second-order valence-corrected chi connectivity index (χ2v) is 5.58. The first kappa shape index (κ1) is 15.9. The zero-order valence-corrected chi connectivity index (χ0v) is 13.9. The predicted octanol–water partition coefficient (Wildman–Crippen LogP) is 3.94. The fourth-order valence-electron chi connectivity index (χ4n) is 2.92. The highest BCUT2D eigenvalue weighted by atomic mass is 16.7. The number of rotatable bonds is 4. The smallest absolute Gasteiger partial charge is 0.331 e. The van der Waals surface area contributed by atoms with Crippen LogP contribution in [-0.2, 0) is 16.2 Å². The van der Waals surface area contributed by atoms with Crippen LogP contribution in [-0.4, -0.2) is 22.0 Å². The van der Waals surface area contributed by atoms with Crippen molar-refractivity contribution in [2.45, 2.75) is 27.3 Å². The van der Waals surface area contributed by atoms with Crippen molar-refractivity contribution in [1.29, 1.82) is 0 Å². The van der Waals surface area contributed by atoms with E-state index < -0.39 is 5.97 Å². The van der Waals surface area contributed by atoms with Gasteiger partial charge in [-0.15, -0.1) is 0 Å². The van der Waals surface area contributed by atoms with Crippen LogP contribution in [0.2, 0.25) is 0 Å². The molecule has 5 heteroatoms. The molecule has 0 atom stereocenters. The quantitative estimate of drug-likeness (QED) is 0.316. The first-order chi connectivity index (χ1) is 11.5. The standard InChI is InChI=1S/C19H18N2O3/c1-4-21-17-8-6-5-7-15(17)16-11-14(9-10-18(16)21)19(23)12(2)20-24-13(3)22/h5-11H,4H2,1-3H3. The summed E-state index contributed by atoms with van der Waals surface area (Å²) in [6.45, 7) is 5.73. The van der Waals surface area contributed by atoms with Gasteiger partial charge in [0.1, 0.15) is 5.71 Å². The zero-order chi connectivity index (χ0) is 17.3. The van der Waals surface area contributed by atoms with Gasteiger partial charge >= 0.3 is 5.97 Å². The molecule has 3 aromatic rings. The van der Waals surface area contributed by atoms with Crippen molar-refractivity contribution >= 4 is 39.3 Å². The van der Waals surface area contributed by atoms with Gasteiger partial charge in [0.25, 0.3) is 0 Å². The molecule has 122 valence electrons. The predicted molar refractivity (Wildman–Crippen MR) is 94.3 cm³/mol. The van der Waals surface area contributed by atoms with Crippen molar-refractivity contribution in [3.05, 3.63) is 48.0 Å². The van der Waals surface area contributed by atoms with Gasteiger partial charge in [-0.1, -0.05) is 23.4 Å². The van der Waals surface area contributed by atoms with Gasteiger partial charge in [0, 0.05) is 40.8 Å². The lowest BCUT2D eigenvalue weighted by atomic mass is 10.0. The lowest BCUT2D eigenvalue weighted by Crippen LogP contribution is -2.11. The lowest BCUT2D eigenvalue weighted by molar-refractivity contribution is -0.140. The fourth-order valence-corrected chi connectivity index (χ4v) is 2.92. The minimum absolute atomic E-state index is 0.142. The molecule has 0 aliphatic rings. The summed E-state index contributed by atoms with van der Waals surface area (Å²) in [6.07, 6.45) is 0. The molecule has 0 bridgehead atoms. The number of aryl methyl sites for hydroxylation is 1. The lowest BCUT2D eigenvalue weighted by Gasteiger charge is -2.04. The second kappa shape index (κ2) is 6.28. The monoisotopic (exact) mass is 322 g/mol. The SMILES string of the molecule is CCn1c2ccccc2c2cc(C(=O)C(C)=NOC(C)=O)ccc21. The van der Waals surface area contributed by atoms with Crippen LogP contribution in [0, 0.1) is 0 Å². The van der Waals surface area contributed by atoms with E-state index in [0.717, 1.165) is 28.4 Å². The van der Waals surface area contributed by atoms with Gasteiger partial charge in [0.05, 0.1) is 0 Å². The van der Waals surface area contributed by atoms with Crippen molar-refractivity contribution < 1.29 is 14.4 Å². The molecular formula is C19H18N2O3. The molecule has 3 rings (SSSR count). The van der Waals surface area contributed by atoms with Crippen LogP contribution < -0.4 is 0 Å². The summed E-state index contributed by atoms with van der Waals surface area (Å²) in [6, 6.07) is 13.7. The van der Waals surface area contributed by atoms with E-state index >= 15 is 0 Å². The van der Waals surface area contributed by atoms with Crippen LogP contribution in [0.5, 0.6) is 0 Å². The van der Waals surface area contributed by atoms with Gasteiger partial charge in [-0.05, 0) is 38.1 Å². The van der Waals surface area contributed by atoms with Crippen molar-refractivity contribution in [2.24, 2.45) is 5.16 Å². The van der Waals surface area contributed by atoms with Crippen LogP contribution in [0.3, 0.4) is 0 Å². The molecular weight excluding hydrogens is 304 g/mol. The van der Waals surface area contributed by atoms with Crippen molar-refractivity contribution in [2.75, 3.05) is 0 Å². The maximum atomic E-state index is 12.5. The number of aromatic nitrogens is 1. The minimum atomic E-state index is -0.552. The van der Waals surface area contributed by atoms with Gasteiger partial charge in [0.2, 0.25) is 5.78 Å². The molecule has 5 nitrogen and oxygen atoms in total. The Morgan fingerprint density at radius 2 is 1.75 bits per heavy atom. The zero-order valence-electron chi connectivity index (χ0n) is 13.9. The van der Waals surface area contributed by atoms with Crippen LogP contribution in [0.4, 0.5) is 0 Å². The average Bonchev–Trinajstić information content (AvgIpc) is 2.91. The number of ketones is 1. The molecule has 0 radical (unpaired) electrons. The summed E-state index contributed by atoms with van der Waals surface area (Å²) in [5, 5.41) is 5.71. The highest BCUT2D eigenvalue weighted by molar-refractivity contribution is 6.45. The number of oxime groups is 1. The number of para-hydroxylation sites is 1. The number of nitrogens with zero attached hydrogens (tertiary/aromatic N) is 2. The van der Waals surface area contributed by atoms with E-state index in [1.54, 1.807) is 6.07 Å². The Hall–Kier alpha value is -2.95. The molecule has 0 fully saturated rings. The van der Waals surface area contributed by atoms with Crippen LogP contribution in [0.1, 0.15) is 31.1 Å². The summed E-state index contributed by atoms with van der Waals surface area (Å²) in [4.78, 5) is 27.9. The maximum Gasteiger partial charge on any atom is 0.331 e. The maximum absolute atomic E-state index is 12.5. The van der Waals surface area contributed by atoms with Gasteiger partial charge in [0.15, 0.2) is 0 Å². The van der Waals surface area contributed by atoms with E-state index in [-0.39, 0.29) is 11.5 Å². The van der Waals surface area contributed by atoms with Gasteiger partial charge < -0.3 is 9.40 Å². The Kier molecular flexibility index (Phi) is 4.16. The number of Topliss-reactive ketones (excluding diaryl/α,β-unsaturated/α-hetero) is 1. The number of benzene rings is 2. The average molecular weight is 322 g/mol. The molecule has 0 amide bonds. The van der Waals surface area contributed by atoms with Crippen LogP contribution >= 0.6 is 0 Å². The first-order valence-corrected chi connectivity index (χ1v) is 7.80. The molecule has 1 heterocycles. The topological polar surface area (TPSA) is 60.7 Å². The van der Waals surface area contributed by atoms with E-state index in [2.05, 4.69) is 33.6 Å². The van der Waals surface area contributed by atoms with E-state index in [0.29, 0.717) is 5.56 Å². The van der Waals surface area contributed by atoms with Crippen molar-refractivity contribution in [1.82, 2.24) is 4.57 Å². The van der Waals surface area contributed by atoms with E-state index in [1.165, 1.54) is 13.8 Å². The Bertz CT molecular complexity index is 983. The molecule has 2 aromatic carbocycles. The number of hydrogen-bond acceptors (Lipinski definition) is 4. The third-order valence-corrected chi connectivity index (χ3v) is 3.99. The minimum Gasteiger partial charge on any atom is -0.341 e. The molecule has 0 N–H and O–H groups in total. The number of carbonyl (C=O) groups excluding carboxylic acids is 2. The van der Waals surface area contributed by atoms with Gasteiger partial charge in [-0.2, -0.15) is 0 Å². The summed E-state index contributed by atoms with van der Waals surface area (Å²) >= 11 is 0. The molecule has 0 spiro atoms. The third-order valence-electron chi connectivity index (χ3n) is 3.99. The summed E-state index contributed by atoms with van der Waals surface area (Å²) in [7, 11) is 0. The van der Waals surface area contributed by atoms with E-state index in [1.807, 2.05) is 24.3 Å². The Morgan fingerprint density at radius 1 is 1.04 bits per heavy atom. The van der Waals surface area contributed by atoms with E-state index in [4.69, 9.17) is 0 Å². The molecule has 0 saturated heterocycles. The highest BCUT2D eigenvalue weighted by Gasteiger charge is 2.15. The first-order valence-electron chi connectivity index (χ1n) is 7.80. The summed E-state index contributed by atoms with van der Waals surface area (Å²) in [5.74, 6) is -0.810. The second-order valence-electron chi connectivity index (χ2n) is 5.58. The normalized spacial score (nSPS) is 11.9. The molecule has 0 saturated carbocycles. The highest BCUT2D eigenvalue weighted by Crippen LogP contribution is 2.29. The van der Waals surface area contributed by atoms with Crippen LogP contribution in [0.15, 0.2) is 47.6 Å². The van der Waals surface area contributed by atoms with Crippen molar-refractivity contribution in [3.63, 3.8) is 0 Å². The number of fused-ring (bicyclic) bond motifs is 3. The molecule has 0 unspecified atom stereocenters. The summed E-state index contributed by atoms with van der Waals surface area (Å²) < 4.78 is 2.22. The van der Waals surface area contributed by atoms with Gasteiger partial charge in [-0.3, -0.25) is 4.79 Å². The molecule has 1 aromatic heterocycles. The molecule has 24 heavy (non-hydrogen) atoms. The molecule has 0 aliphatic carbocycles. The van der Waals surface area contributed by atoms with E-state index in [9.17, 15) is 9.59 Å². The van der Waals surface area contributed by atoms with Gasteiger partial charge in [-0.25, -0.2) is 4.79 Å². The fraction of sp³-hybridized carbons (Fsp3) is 0.211. The largest absolute Gasteiger partial charge is 0.341 e.